The van der Waals surface area contributed by atoms with Crippen molar-refractivity contribution in [3.8, 4) is 12.3 Å². The molecule has 1 rings (SSSR count). The molecular formula is C14H25N. The van der Waals surface area contributed by atoms with Gasteiger partial charge in [-0.3, -0.25) is 0 Å². The molecule has 1 atom stereocenters. The van der Waals surface area contributed by atoms with Gasteiger partial charge in [0.25, 0.3) is 0 Å². The van der Waals surface area contributed by atoms with Gasteiger partial charge in [-0.2, -0.15) is 0 Å². The van der Waals surface area contributed by atoms with Crippen LogP contribution in [0.2, 0.25) is 0 Å². The monoisotopic (exact) mass is 207 g/mol. The van der Waals surface area contributed by atoms with Crippen molar-refractivity contribution in [2.75, 3.05) is 6.54 Å². The van der Waals surface area contributed by atoms with E-state index in [1.807, 2.05) is 0 Å². The van der Waals surface area contributed by atoms with Gasteiger partial charge in [0.15, 0.2) is 0 Å². The molecule has 0 spiro atoms. The Bertz CT molecular complexity index is 186. The maximum absolute atomic E-state index is 5.22. The lowest BCUT2D eigenvalue weighted by molar-refractivity contribution is 0.281. The van der Waals surface area contributed by atoms with Gasteiger partial charge in [0.1, 0.15) is 0 Å². The molecule has 0 aromatic carbocycles. The Kier molecular flexibility index (Phi) is 6.52. The van der Waals surface area contributed by atoms with Crippen molar-refractivity contribution in [1.82, 2.24) is 5.32 Å². The van der Waals surface area contributed by atoms with Crippen LogP contribution in [0.5, 0.6) is 0 Å². The van der Waals surface area contributed by atoms with E-state index in [4.69, 9.17) is 6.42 Å². The molecule has 1 N–H and O–H groups in total. The number of hydrogen-bond donors (Lipinski definition) is 1. The minimum Gasteiger partial charge on any atom is -0.314 e. The topological polar surface area (TPSA) is 12.0 Å². The molecular weight excluding hydrogens is 182 g/mol. The zero-order valence-electron chi connectivity index (χ0n) is 10.1. The molecule has 86 valence electrons. The standard InChI is InChI=1S/C14H25N/c1-3-4-5-9-12-15-13(2)14-10-7-6-8-11-14/h1,13-15H,4-12H2,2H3. The Morgan fingerprint density at radius 1 is 1.27 bits per heavy atom. The van der Waals surface area contributed by atoms with Crippen LogP contribution in [-0.2, 0) is 0 Å². The van der Waals surface area contributed by atoms with Gasteiger partial charge in [0.05, 0.1) is 0 Å². The third-order valence-corrected chi connectivity index (χ3v) is 3.57. The fraction of sp³-hybridized carbons (Fsp3) is 0.857. The highest BCUT2D eigenvalue weighted by molar-refractivity contribution is 4.83. The SMILES string of the molecule is C#CCCCCNC(C)C1CCCCC1. The maximum atomic E-state index is 5.22. The van der Waals surface area contributed by atoms with E-state index in [2.05, 4.69) is 18.2 Å². The first-order valence-electron chi connectivity index (χ1n) is 6.51. The van der Waals surface area contributed by atoms with Crippen molar-refractivity contribution in [1.29, 1.82) is 0 Å². The molecule has 1 nitrogen and oxygen atoms in total. The van der Waals surface area contributed by atoms with Gasteiger partial charge in [0, 0.05) is 12.5 Å². The summed E-state index contributed by atoms with van der Waals surface area (Å²) in [5, 5.41) is 3.64. The van der Waals surface area contributed by atoms with Crippen molar-refractivity contribution in [3.63, 3.8) is 0 Å². The highest BCUT2D eigenvalue weighted by Gasteiger charge is 2.18. The molecule has 1 fully saturated rings. The Morgan fingerprint density at radius 2 is 2.00 bits per heavy atom. The Morgan fingerprint density at radius 3 is 2.67 bits per heavy atom. The van der Waals surface area contributed by atoms with Crippen LogP contribution in [0.3, 0.4) is 0 Å². The molecule has 1 aliphatic rings. The van der Waals surface area contributed by atoms with Crippen LogP contribution in [0, 0.1) is 18.3 Å². The molecule has 0 radical (unpaired) electrons. The second kappa shape index (κ2) is 7.77. The average molecular weight is 207 g/mol. The van der Waals surface area contributed by atoms with Crippen molar-refractivity contribution in [3.05, 3.63) is 0 Å². The molecule has 1 unspecified atom stereocenters. The summed E-state index contributed by atoms with van der Waals surface area (Å²) in [7, 11) is 0. The van der Waals surface area contributed by atoms with E-state index in [9.17, 15) is 0 Å². The van der Waals surface area contributed by atoms with Crippen LogP contribution in [0.4, 0.5) is 0 Å². The van der Waals surface area contributed by atoms with E-state index in [0.717, 1.165) is 18.9 Å². The number of nitrogens with one attached hydrogen (secondary N) is 1. The first-order valence-corrected chi connectivity index (χ1v) is 6.51. The van der Waals surface area contributed by atoms with Crippen molar-refractivity contribution in [2.24, 2.45) is 5.92 Å². The van der Waals surface area contributed by atoms with Crippen LogP contribution in [-0.4, -0.2) is 12.6 Å². The summed E-state index contributed by atoms with van der Waals surface area (Å²) in [5.74, 6) is 3.61. The largest absolute Gasteiger partial charge is 0.314 e. The van der Waals surface area contributed by atoms with Crippen LogP contribution >= 0.6 is 0 Å². The Hall–Kier alpha value is -0.480. The molecule has 1 saturated carbocycles. The minimum absolute atomic E-state index is 0.705. The molecule has 0 aromatic heterocycles. The first-order chi connectivity index (χ1) is 7.34. The molecule has 0 amide bonds. The van der Waals surface area contributed by atoms with E-state index in [0.29, 0.717) is 6.04 Å². The van der Waals surface area contributed by atoms with E-state index in [1.54, 1.807) is 0 Å². The Labute approximate surface area is 95.0 Å². The first kappa shape index (κ1) is 12.6. The van der Waals surface area contributed by atoms with E-state index >= 15 is 0 Å². The van der Waals surface area contributed by atoms with Crippen molar-refractivity contribution < 1.29 is 0 Å². The third kappa shape index (κ3) is 5.23. The van der Waals surface area contributed by atoms with Gasteiger partial charge in [0.2, 0.25) is 0 Å². The summed E-state index contributed by atoms with van der Waals surface area (Å²) >= 11 is 0. The van der Waals surface area contributed by atoms with E-state index in [1.165, 1.54) is 44.9 Å². The smallest absolute Gasteiger partial charge is 0.00865 e. The summed E-state index contributed by atoms with van der Waals surface area (Å²) in [5.41, 5.74) is 0. The predicted molar refractivity (Wildman–Crippen MR) is 66.7 cm³/mol. The van der Waals surface area contributed by atoms with Gasteiger partial charge >= 0.3 is 0 Å². The quantitative estimate of drug-likeness (QED) is 0.520. The van der Waals surface area contributed by atoms with Gasteiger partial charge in [-0.05, 0) is 45.1 Å². The molecule has 1 aliphatic carbocycles. The molecule has 0 saturated heterocycles. The van der Waals surface area contributed by atoms with Crippen molar-refractivity contribution >= 4 is 0 Å². The number of hydrogen-bond acceptors (Lipinski definition) is 1. The molecule has 0 aliphatic heterocycles. The summed E-state index contributed by atoms with van der Waals surface area (Å²) < 4.78 is 0. The van der Waals surface area contributed by atoms with Crippen LogP contribution in [0.25, 0.3) is 0 Å². The fourth-order valence-electron chi connectivity index (χ4n) is 2.48. The number of unbranched alkanes of at least 4 members (excludes halogenated alkanes) is 2. The fourth-order valence-corrected chi connectivity index (χ4v) is 2.48. The lowest BCUT2D eigenvalue weighted by Crippen LogP contribution is -2.35. The second-order valence-electron chi connectivity index (χ2n) is 4.80. The van der Waals surface area contributed by atoms with Gasteiger partial charge in [-0.25, -0.2) is 0 Å². The zero-order valence-corrected chi connectivity index (χ0v) is 10.1. The van der Waals surface area contributed by atoms with Crippen LogP contribution < -0.4 is 5.32 Å². The predicted octanol–water partition coefficient (Wildman–Crippen LogP) is 3.35. The zero-order chi connectivity index (χ0) is 10.9. The highest BCUT2D eigenvalue weighted by atomic mass is 14.9. The summed E-state index contributed by atoms with van der Waals surface area (Å²) in [6, 6.07) is 0.705. The van der Waals surface area contributed by atoms with E-state index < -0.39 is 0 Å². The minimum atomic E-state index is 0.705. The normalized spacial score (nSPS) is 19.7. The number of terminal acetylenes is 1. The summed E-state index contributed by atoms with van der Waals surface area (Å²) in [6.07, 6.45) is 15.7. The molecule has 15 heavy (non-hydrogen) atoms. The van der Waals surface area contributed by atoms with Gasteiger partial charge in [-0.1, -0.05) is 19.3 Å². The molecule has 1 heteroatoms. The van der Waals surface area contributed by atoms with Crippen LogP contribution in [0.1, 0.15) is 58.3 Å². The van der Waals surface area contributed by atoms with Crippen molar-refractivity contribution in [2.45, 2.75) is 64.3 Å². The molecule has 0 aromatic rings. The van der Waals surface area contributed by atoms with Crippen LogP contribution in [0.15, 0.2) is 0 Å². The molecule has 0 heterocycles. The highest BCUT2D eigenvalue weighted by Crippen LogP contribution is 2.26. The summed E-state index contributed by atoms with van der Waals surface area (Å²) in [6.45, 7) is 3.48. The Balaban J connectivity index is 2.02. The van der Waals surface area contributed by atoms with E-state index in [-0.39, 0.29) is 0 Å². The number of rotatable bonds is 6. The summed E-state index contributed by atoms with van der Waals surface area (Å²) in [4.78, 5) is 0. The van der Waals surface area contributed by atoms with Gasteiger partial charge in [-0.15, -0.1) is 12.3 Å². The maximum Gasteiger partial charge on any atom is 0.00865 e. The molecule has 0 bridgehead atoms. The lowest BCUT2D eigenvalue weighted by Gasteiger charge is -2.28. The second-order valence-corrected chi connectivity index (χ2v) is 4.80. The average Bonchev–Trinajstić information content (AvgIpc) is 2.30. The lowest BCUT2D eigenvalue weighted by atomic mass is 9.84. The third-order valence-electron chi connectivity index (χ3n) is 3.57. The van der Waals surface area contributed by atoms with Gasteiger partial charge < -0.3 is 5.32 Å².